The number of aliphatic hydroxyl groups excluding tert-OH is 1. The van der Waals surface area contributed by atoms with Gasteiger partial charge in [0, 0.05) is 6.42 Å². The van der Waals surface area contributed by atoms with Crippen LogP contribution in [0, 0.1) is 23.2 Å². The topological polar surface area (TPSA) is 90.6 Å². The summed E-state index contributed by atoms with van der Waals surface area (Å²) in [6.07, 6.45) is -5.18. The molecule has 4 rings (SSSR count). The number of nitrogens with zero attached hydrogens (tertiary/aromatic N) is 2. The van der Waals surface area contributed by atoms with Crippen LogP contribution in [0.2, 0.25) is 0 Å². The highest BCUT2D eigenvalue weighted by atomic mass is 19.4. The van der Waals surface area contributed by atoms with E-state index in [9.17, 15) is 27.9 Å². The number of aliphatic hydroxyl groups is 1. The summed E-state index contributed by atoms with van der Waals surface area (Å²) >= 11 is 0. The number of imide groups is 1. The van der Waals surface area contributed by atoms with Crippen molar-refractivity contribution in [3.05, 3.63) is 29.3 Å². The fraction of sp³-hybridized carbons (Fsp3) is 0.526. The SMILES string of the molecule is CCC12C[C@H](O)C(C)(O1)[C@@H]1C(=O)N(c3ccc(C#N)c(C(F)(F)F)c3)C(=O)[C@@H]12. The maximum atomic E-state index is 13.3. The largest absolute Gasteiger partial charge is 0.417 e. The van der Waals surface area contributed by atoms with Crippen LogP contribution >= 0.6 is 0 Å². The molecule has 3 aliphatic heterocycles. The number of hydrogen-bond donors (Lipinski definition) is 1. The predicted molar refractivity (Wildman–Crippen MR) is 88.8 cm³/mol. The zero-order chi connectivity index (χ0) is 20.6. The van der Waals surface area contributed by atoms with Crippen molar-refractivity contribution in [3.8, 4) is 6.07 Å². The molecule has 3 aliphatic rings. The zero-order valence-electron chi connectivity index (χ0n) is 15.1. The van der Waals surface area contributed by atoms with Gasteiger partial charge in [0.2, 0.25) is 11.8 Å². The van der Waals surface area contributed by atoms with Crippen LogP contribution in [0.4, 0.5) is 18.9 Å². The van der Waals surface area contributed by atoms with Gasteiger partial charge in [0.15, 0.2) is 0 Å². The lowest BCUT2D eigenvalue weighted by Crippen LogP contribution is -2.49. The molecule has 3 heterocycles. The highest BCUT2D eigenvalue weighted by Crippen LogP contribution is 2.62. The molecule has 28 heavy (non-hydrogen) atoms. The van der Waals surface area contributed by atoms with E-state index < -0.39 is 58.3 Å². The molecule has 148 valence electrons. The van der Waals surface area contributed by atoms with E-state index in [2.05, 4.69) is 0 Å². The van der Waals surface area contributed by atoms with Crippen LogP contribution in [0.3, 0.4) is 0 Å². The first-order valence-corrected chi connectivity index (χ1v) is 8.87. The molecule has 1 N–H and O–H groups in total. The molecule has 5 atom stereocenters. The summed E-state index contributed by atoms with van der Waals surface area (Å²) in [7, 11) is 0. The Hall–Kier alpha value is -2.44. The quantitative estimate of drug-likeness (QED) is 0.778. The summed E-state index contributed by atoms with van der Waals surface area (Å²) < 4.78 is 45.9. The maximum absolute atomic E-state index is 13.3. The van der Waals surface area contributed by atoms with Gasteiger partial charge in [0.05, 0.1) is 46.4 Å². The van der Waals surface area contributed by atoms with Gasteiger partial charge in [-0.2, -0.15) is 18.4 Å². The van der Waals surface area contributed by atoms with Gasteiger partial charge in [-0.15, -0.1) is 0 Å². The lowest BCUT2D eigenvalue weighted by atomic mass is 9.66. The molecule has 3 fully saturated rings. The monoisotopic (exact) mass is 394 g/mol. The predicted octanol–water partition coefficient (Wildman–Crippen LogP) is 2.38. The molecule has 2 bridgehead atoms. The average molecular weight is 394 g/mol. The van der Waals surface area contributed by atoms with Gasteiger partial charge in [-0.25, -0.2) is 4.90 Å². The number of benzene rings is 1. The fourth-order valence-electron chi connectivity index (χ4n) is 5.01. The molecule has 2 unspecified atom stereocenters. The number of anilines is 1. The Morgan fingerprint density at radius 1 is 1.32 bits per heavy atom. The summed E-state index contributed by atoms with van der Waals surface area (Å²) in [5.74, 6) is -3.15. The number of carbonyl (C=O) groups is 2. The number of rotatable bonds is 2. The van der Waals surface area contributed by atoms with E-state index in [0.29, 0.717) is 12.5 Å². The Bertz CT molecular complexity index is 924. The first kappa shape index (κ1) is 18.9. The molecule has 0 aliphatic carbocycles. The lowest BCUT2D eigenvalue weighted by molar-refractivity contribution is -0.138. The minimum absolute atomic E-state index is 0.190. The summed E-state index contributed by atoms with van der Waals surface area (Å²) in [6.45, 7) is 3.35. The molecule has 9 heteroatoms. The molecule has 3 saturated heterocycles. The molecule has 1 aromatic rings. The van der Waals surface area contributed by atoms with Crippen LogP contribution in [-0.2, 0) is 20.5 Å². The number of alkyl halides is 3. The molecular weight excluding hydrogens is 377 g/mol. The third-order valence-electron chi connectivity index (χ3n) is 6.40. The fourth-order valence-corrected chi connectivity index (χ4v) is 5.01. The van der Waals surface area contributed by atoms with Gasteiger partial charge < -0.3 is 9.84 Å². The lowest BCUT2D eigenvalue weighted by Gasteiger charge is -2.32. The highest BCUT2D eigenvalue weighted by molar-refractivity contribution is 6.23. The molecule has 1 aromatic carbocycles. The third kappa shape index (κ3) is 2.16. The molecular formula is C19H17F3N2O4. The smallest absolute Gasteiger partial charge is 0.390 e. The van der Waals surface area contributed by atoms with Gasteiger partial charge in [-0.05, 0) is 31.5 Å². The van der Waals surface area contributed by atoms with Crippen molar-refractivity contribution >= 4 is 17.5 Å². The molecule has 0 saturated carbocycles. The molecule has 0 radical (unpaired) electrons. The highest BCUT2D eigenvalue weighted by Gasteiger charge is 2.76. The summed E-state index contributed by atoms with van der Waals surface area (Å²) in [4.78, 5) is 26.9. The van der Waals surface area contributed by atoms with Gasteiger partial charge in [-0.1, -0.05) is 6.92 Å². The summed E-state index contributed by atoms with van der Waals surface area (Å²) in [5.41, 5.74) is -4.31. The maximum Gasteiger partial charge on any atom is 0.417 e. The Morgan fingerprint density at radius 2 is 1.96 bits per heavy atom. The Labute approximate surface area is 158 Å². The van der Waals surface area contributed by atoms with E-state index in [4.69, 9.17) is 10.00 Å². The summed E-state index contributed by atoms with van der Waals surface area (Å²) in [5, 5.41) is 19.3. The number of halogens is 3. The van der Waals surface area contributed by atoms with Crippen molar-refractivity contribution in [2.24, 2.45) is 11.8 Å². The van der Waals surface area contributed by atoms with Crippen molar-refractivity contribution in [3.63, 3.8) is 0 Å². The van der Waals surface area contributed by atoms with Gasteiger partial charge in [0.1, 0.15) is 5.60 Å². The van der Waals surface area contributed by atoms with Crippen LogP contribution in [0.15, 0.2) is 18.2 Å². The van der Waals surface area contributed by atoms with E-state index >= 15 is 0 Å². The Kier molecular flexibility index (Phi) is 3.75. The minimum atomic E-state index is -4.81. The van der Waals surface area contributed by atoms with Crippen LogP contribution in [0.1, 0.15) is 37.8 Å². The van der Waals surface area contributed by atoms with Crippen molar-refractivity contribution in [2.45, 2.75) is 50.2 Å². The number of fused-ring (bicyclic) bond motifs is 5. The standard InChI is InChI=1S/C19H17F3N2O4/c1-3-18-7-12(25)17(2,28-18)13-14(18)16(27)24(15(13)26)10-5-4-9(8-23)11(6-10)19(20,21)22/h4-6,12-14,25H,3,7H2,1-2H3/t12-,13-,14+,17?,18?/m0/s1. The summed E-state index contributed by atoms with van der Waals surface area (Å²) in [6, 6.07) is 4.23. The van der Waals surface area contributed by atoms with Crippen LogP contribution < -0.4 is 4.90 Å². The molecule has 0 spiro atoms. The van der Waals surface area contributed by atoms with Crippen molar-refractivity contribution < 1.29 is 32.6 Å². The van der Waals surface area contributed by atoms with E-state index in [1.165, 1.54) is 6.07 Å². The van der Waals surface area contributed by atoms with E-state index in [0.717, 1.165) is 17.0 Å². The van der Waals surface area contributed by atoms with Crippen LogP contribution in [0.5, 0.6) is 0 Å². The van der Waals surface area contributed by atoms with Gasteiger partial charge in [0.25, 0.3) is 0 Å². The zero-order valence-corrected chi connectivity index (χ0v) is 15.1. The van der Waals surface area contributed by atoms with Crippen LogP contribution in [-0.4, -0.2) is 34.2 Å². The van der Waals surface area contributed by atoms with Gasteiger partial charge in [-0.3, -0.25) is 9.59 Å². The number of nitriles is 1. The van der Waals surface area contributed by atoms with Crippen molar-refractivity contribution in [1.82, 2.24) is 0 Å². The Balaban J connectivity index is 1.82. The number of carbonyl (C=O) groups excluding carboxylic acids is 2. The second-order valence-electron chi connectivity index (χ2n) is 7.73. The minimum Gasteiger partial charge on any atom is -0.390 e. The molecule has 0 aromatic heterocycles. The first-order valence-electron chi connectivity index (χ1n) is 8.87. The van der Waals surface area contributed by atoms with Gasteiger partial charge >= 0.3 is 6.18 Å². The Morgan fingerprint density at radius 3 is 2.54 bits per heavy atom. The number of hydrogen-bond acceptors (Lipinski definition) is 5. The third-order valence-corrected chi connectivity index (χ3v) is 6.40. The molecule has 6 nitrogen and oxygen atoms in total. The van der Waals surface area contributed by atoms with Crippen LogP contribution in [0.25, 0.3) is 0 Å². The normalized spacial score (nSPS) is 36.8. The first-order chi connectivity index (χ1) is 13.0. The van der Waals surface area contributed by atoms with E-state index in [1.54, 1.807) is 13.8 Å². The number of amides is 2. The number of ether oxygens (including phenoxy) is 1. The van der Waals surface area contributed by atoms with E-state index in [1.807, 2.05) is 0 Å². The van der Waals surface area contributed by atoms with Crippen molar-refractivity contribution in [2.75, 3.05) is 4.90 Å². The average Bonchev–Trinajstić information content (AvgIpc) is 3.16. The van der Waals surface area contributed by atoms with E-state index in [-0.39, 0.29) is 12.1 Å². The second kappa shape index (κ2) is 5.55. The molecule has 2 amide bonds. The second-order valence-corrected chi connectivity index (χ2v) is 7.73. The van der Waals surface area contributed by atoms with Crippen molar-refractivity contribution in [1.29, 1.82) is 5.26 Å².